The van der Waals surface area contributed by atoms with Gasteiger partial charge in [-0.25, -0.2) is 4.98 Å². The van der Waals surface area contributed by atoms with Crippen LogP contribution in [0.2, 0.25) is 10.2 Å². The van der Waals surface area contributed by atoms with Gasteiger partial charge < -0.3 is 10.6 Å². The molecule has 1 heterocycles. The summed E-state index contributed by atoms with van der Waals surface area (Å²) in [5, 5.41) is 6.02. The third-order valence-corrected chi connectivity index (χ3v) is 3.80. The molecule has 2 aromatic rings. The number of rotatable bonds is 6. The van der Waals surface area contributed by atoms with Gasteiger partial charge in [-0.2, -0.15) is 0 Å². The molecule has 0 atom stereocenters. The van der Waals surface area contributed by atoms with E-state index in [0.29, 0.717) is 12.1 Å². The lowest BCUT2D eigenvalue weighted by molar-refractivity contribution is -0.116. The average molecular weight is 380 g/mol. The van der Waals surface area contributed by atoms with Crippen molar-refractivity contribution in [2.24, 2.45) is 5.92 Å². The van der Waals surface area contributed by atoms with Gasteiger partial charge in [0.05, 0.1) is 5.02 Å². The number of nitrogens with one attached hydrogen (secondary N) is 2. The molecule has 2 rings (SSSR count). The van der Waals surface area contributed by atoms with Crippen LogP contribution in [0.5, 0.6) is 0 Å². The maximum atomic E-state index is 12.2. The number of aromatic nitrogens is 1. The van der Waals surface area contributed by atoms with Gasteiger partial charge in [0.15, 0.2) is 0 Å². The summed E-state index contributed by atoms with van der Waals surface area (Å²) in [6.45, 7) is 4.25. The fourth-order valence-electron chi connectivity index (χ4n) is 2.19. The van der Waals surface area contributed by atoms with Gasteiger partial charge >= 0.3 is 0 Å². The van der Waals surface area contributed by atoms with E-state index in [1.54, 1.807) is 6.07 Å². The van der Waals surface area contributed by atoms with Gasteiger partial charge in [0.2, 0.25) is 5.91 Å². The molecule has 132 valence electrons. The Morgan fingerprint density at radius 1 is 1.16 bits per heavy atom. The van der Waals surface area contributed by atoms with E-state index in [1.807, 2.05) is 32.0 Å². The smallest absolute Gasteiger partial charge is 0.271 e. The third-order valence-electron chi connectivity index (χ3n) is 3.28. The third kappa shape index (κ3) is 6.03. The second kappa shape index (κ2) is 8.83. The summed E-state index contributed by atoms with van der Waals surface area (Å²) in [5.74, 6) is -0.162. The van der Waals surface area contributed by atoms with Crippen LogP contribution in [0.4, 0.5) is 5.69 Å². The zero-order valence-electron chi connectivity index (χ0n) is 14.0. The van der Waals surface area contributed by atoms with E-state index in [-0.39, 0.29) is 34.2 Å². The topological polar surface area (TPSA) is 71.1 Å². The van der Waals surface area contributed by atoms with Crippen LogP contribution in [0.3, 0.4) is 0 Å². The quantitative estimate of drug-likeness (QED) is 0.734. The standard InChI is InChI=1S/C18H19Cl2N3O2/c1-11(2)8-16(24)22-13-5-3-4-12(9-13)10-21-18(25)17-14(19)6-7-15(20)23-17/h3-7,9,11H,8,10H2,1-2H3,(H,21,25)(H,22,24). The van der Waals surface area contributed by atoms with Gasteiger partial charge in [0.25, 0.3) is 5.91 Å². The summed E-state index contributed by atoms with van der Waals surface area (Å²) in [6, 6.07) is 10.3. The second-order valence-corrected chi connectivity index (χ2v) is 6.79. The summed E-state index contributed by atoms with van der Waals surface area (Å²) in [7, 11) is 0. The first-order valence-corrected chi connectivity index (χ1v) is 8.60. The molecular formula is C18H19Cl2N3O2. The highest BCUT2D eigenvalue weighted by atomic mass is 35.5. The Hall–Kier alpha value is -2.11. The molecule has 7 heteroatoms. The number of amides is 2. The van der Waals surface area contributed by atoms with Gasteiger partial charge in [-0.15, -0.1) is 0 Å². The van der Waals surface area contributed by atoms with E-state index in [1.165, 1.54) is 12.1 Å². The lowest BCUT2D eigenvalue weighted by Crippen LogP contribution is -2.24. The molecule has 25 heavy (non-hydrogen) atoms. The highest BCUT2D eigenvalue weighted by molar-refractivity contribution is 6.34. The molecule has 1 aromatic carbocycles. The molecule has 0 fully saturated rings. The van der Waals surface area contributed by atoms with Crippen LogP contribution in [0, 0.1) is 5.92 Å². The molecule has 0 bridgehead atoms. The molecular weight excluding hydrogens is 361 g/mol. The molecule has 0 aliphatic carbocycles. The molecule has 0 saturated heterocycles. The molecule has 0 radical (unpaired) electrons. The fraction of sp³-hybridized carbons (Fsp3) is 0.278. The Bertz CT molecular complexity index is 779. The zero-order valence-corrected chi connectivity index (χ0v) is 15.5. The Morgan fingerprint density at radius 3 is 2.64 bits per heavy atom. The number of carbonyl (C=O) groups excluding carboxylic acids is 2. The monoisotopic (exact) mass is 379 g/mol. The summed E-state index contributed by atoms with van der Waals surface area (Å²) in [6.07, 6.45) is 0.458. The van der Waals surface area contributed by atoms with Crippen molar-refractivity contribution in [3.05, 3.63) is 57.8 Å². The van der Waals surface area contributed by atoms with Crippen molar-refractivity contribution in [2.45, 2.75) is 26.8 Å². The predicted molar refractivity (Wildman–Crippen MR) is 100.0 cm³/mol. The first kappa shape index (κ1) is 19.2. The minimum atomic E-state index is -0.415. The number of hydrogen-bond donors (Lipinski definition) is 2. The normalized spacial score (nSPS) is 10.6. The van der Waals surface area contributed by atoms with E-state index in [9.17, 15) is 9.59 Å². The Morgan fingerprint density at radius 2 is 1.92 bits per heavy atom. The van der Waals surface area contributed by atoms with E-state index >= 15 is 0 Å². The first-order valence-electron chi connectivity index (χ1n) is 7.84. The average Bonchev–Trinajstić information content (AvgIpc) is 2.54. The van der Waals surface area contributed by atoms with Gasteiger partial charge in [-0.1, -0.05) is 49.2 Å². The van der Waals surface area contributed by atoms with Crippen LogP contribution in [-0.4, -0.2) is 16.8 Å². The molecule has 2 N–H and O–H groups in total. The van der Waals surface area contributed by atoms with E-state index in [0.717, 1.165) is 5.56 Å². The Kier molecular flexibility index (Phi) is 6.79. The van der Waals surface area contributed by atoms with E-state index in [2.05, 4.69) is 15.6 Å². The molecule has 0 saturated carbocycles. The molecule has 0 spiro atoms. The van der Waals surface area contributed by atoms with E-state index < -0.39 is 5.91 Å². The molecule has 1 aromatic heterocycles. The Balaban J connectivity index is 1.99. The summed E-state index contributed by atoms with van der Waals surface area (Å²) in [5.41, 5.74) is 1.61. The van der Waals surface area contributed by atoms with Gasteiger partial charge in [-0.05, 0) is 35.7 Å². The van der Waals surface area contributed by atoms with Crippen molar-refractivity contribution in [1.82, 2.24) is 10.3 Å². The minimum Gasteiger partial charge on any atom is -0.347 e. The summed E-state index contributed by atoms with van der Waals surface area (Å²) >= 11 is 11.8. The lowest BCUT2D eigenvalue weighted by Gasteiger charge is -2.10. The predicted octanol–water partition coefficient (Wildman–Crippen LogP) is 4.30. The second-order valence-electron chi connectivity index (χ2n) is 5.99. The highest BCUT2D eigenvalue weighted by Gasteiger charge is 2.13. The van der Waals surface area contributed by atoms with Gasteiger partial charge in [-0.3, -0.25) is 9.59 Å². The van der Waals surface area contributed by atoms with Gasteiger partial charge in [0.1, 0.15) is 10.8 Å². The van der Waals surface area contributed by atoms with Crippen LogP contribution in [0.25, 0.3) is 0 Å². The molecule has 0 unspecified atom stereocenters. The van der Waals surface area contributed by atoms with Crippen LogP contribution in [0.1, 0.15) is 36.3 Å². The van der Waals surface area contributed by atoms with Crippen LogP contribution >= 0.6 is 23.2 Å². The van der Waals surface area contributed by atoms with E-state index in [4.69, 9.17) is 23.2 Å². The van der Waals surface area contributed by atoms with Crippen LogP contribution < -0.4 is 10.6 Å². The zero-order chi connectivity index (χ0) is 18.4. The number of benzene rings is 1. The van der Waals surface area contributed by atoms with Crippen molar-refractivity contribution in [2.75, 3.05) is 5.32 Å². The fourth-order valence-corrected chi connectivity index (χ4v) is 2.52. The maximum absolute atomic E-state index is 12.2. The molecule has 2 amide bonds. The SMILES string of the molecule is CC(C)CC(=O)Nc1cccc(CNC(=O)c2nc(Cl)ccc2Cl)c1. The van der Waals surface area contributed by atoms with Crippen molar-refractivity contribution < 1.29 is 9.59 Å². The van der Waals surface area contributed by atoms with Crippen LogP contribution in [-0.2, 0) is 11.3 Å². The summed E-state index contributed by atoms with van der Waals surface area (Å²) < 4.78 is 0. The molecule has 0 aliphatic rings. The maximum Gasteiger partial charge on any atom is 0.271 e. The van der Waals surface area contributed by atoms with Crippen LogP contribution in [0.15, 0.2) is 36.4 Å². The first-order chi connectivity index (χ1) is 11.8. The number of hydrogen-bond acceptors (Lipinski definition) is 3. The van der Waals surface area contributed by atoms with Crippen molar-refractivity contribution in [3.8, 4) is 0 Å². The van der Waals surface area contributed by atoms with Crippen molar-refractivity contribution in [3.63, 3.8) is 0 Å². The number of carbonyl (C=O) groups is 2. The number of halogens is 2. The highest BCUT2D eigenvalue weighted by Crippen LogP contribution is 2.17. The number of nitrogens with zero attached hydrogens (tertiary/aromatic N) is 1. The summed E-state index contributed by atoms with van der Waals surface area (Å²) in [4.78, 5) is 28.0. The minimum absolute atomic E-state index is 0.0360. The number of anilines is 1. The number of pyridine rings is 1. The van der Waals surface area contributed by atoms with Crippen molar-refractivity contribution in [1.29, 1.82) is 0 Å². The lowest BCUT2D eigenvalue weighted by atomic mass is 10.1. The Labute approximate surface area is 156 Å². The van der Waals surface area contributed by atoms with Crippen molar-refractivity contribution >= 4 is 40.7 Å². The van der Waals surface area contributed by atoms with Gasteiger partial charge in [0, 0.05) is 18.7 Å². The largest absolute Gasteiger partial charge is 0.347 e. The molecule has 0 aliphatic heterocycles. The molecule has 5 nitrogen and oxygen atoms in total.